The lowest BCUT2D eigenvalue weighted by Gasteiger charge is -2.09. The van der Waals surface area contributed by atoms with E-state index in [0.29, 0.717) is 11.0 Å². The third-order valence-electron chi connectivity index (χ3n) is 4.15. The highest BCUT2D eigenvalue weighted by molar-refractivity contribution is 7.89. The SMILES string of the molecule is CS(=O)(=O)Cc1nc2ccccc2n2c(=O)c(/C=C/c3ccccc3)nnc12. The lowest BCUT2D eigenvalue weighted by molar-refractivity contribution is 0.600. The van der Waals surface area contributed by atoms with Gasteiger partial charge in [0.15, 0.2) is 21.2 Å². The van der Waals surface area contributed by atoms with Gasteiger partial charge in [0.2, 0.25) is 0 Å². The van der Waals surface area contributed by atoms with Crippen molar-refractivity contribution in [2.45, 2.75) is 5.75 Å². The van der Waals surface area contributed by atoms with Gasteiger partial charge in [-0.1, -0.05) is 48.5 Å². The van der Waals surface area contributed by atoms with Crippen molar-refractivity contribution >= 4 is 38.7 Å². The maximum absolute atomic E-state index is 13.1. The van der Waals surface area contributed by atoms with Crippen LogP contribution in [0, 0.1) is 0 Å². The molecule has 2 aromatic carbocycles. The van der Waals surface area contributed by atoms with Crippen molar-refractivity contribution in [3.05, 3.63) is 81.9 Å². The molecule has 4 rings (SSSR count). The molecule has 0 spiro atoms. The minimum atomic E-state index is -3.37. The molecular weight excluding hydrogens is 376 g/mol. The number of rotatable bonds is 4. The topological polar surface area (TPSA) is 94.3 Å². The van der Waals surface area contributed by atoms with Gasteiger partial charge in [-0.05, 0) is 23.8 Å². The predicted octanol–water partition coefficient (Wildman–Crippen LogP) is 2.35. The minimum Gasteiger partial charge on any atom is -0.266 e. The molecule has 8 heteroatoms. The van der Waals surface area contributed by atoms with Crippen molar-refractivity contribution in [3.63, 3.8) is 0 Å². The first kappa shape index (κ1) is 18.0. The number of aromatic nitrogens is 4. The molecule has 0 amide bonds. The van der Waals surface area contributed by atoms with Crippen LogP contribution in [0.1, 0.15) is 17.0 Å². The van der Waals surface area contributed by atoms with Gasteiger partial charge >= 0.3 is 0 Å². The summed E-state index contributed by atoms with van der Waals surface area (Å²) >= 11 is 0. The monoisotopic (exact) mass is 392 g/mol. The molecule has 0 aliphatic rings. The normalized spacial score (nSPS) is 12.2. The molecule has 0 aliphatic carbocycles. The van der Waals surface area contributed by atoms with Gasteiger partial charge in [-0.3, -0.25) is 9.20 Å². The fourth-order valence-corrected chi connectivity index (χ4v) is 3.63. The molecule has 7 nitrogen and oxygen atoms in total. The lowest BCUT2D eigenvalue weighted by atomic mass is 10.2. The zero-order chi connectivity index (χ0) is 19.7. The van der Waals surface area contributed by atoms with E-state index in [-0.39, 0.29) is 28.3 Å². The third kappa shape index (κ3) is 3.54. The number of benzene rings is 2. The van der Waals surface area contributed by atoms with Crippen LogP contribution in [0.25, 0.3) is 28.8 Å². The van der Waals surface area contributed by atoms with Crippen molar-refractivity contribution in [3.8, 4) is 0 Å². The zero-order valence-corrected chi connectivity index (χ0v) is 15.8. The first-order valence-electron chi connectivity index (χ1n) is 8.50. The first-order valence-corrected chi connectivity index (χ1v) is 10.6. The molecule has 0 fully saturated rings. The van der Waals surface area contributed by atoms with Gasteiger partial charge in [-0.2, -0.15) is 0 Å². The number of fused-ring (bicyclic) bond motifs is 3. The fourth-order valence-electron chi connectivity index (χ4n) is 2.94. The molecule has 0 atom stereocenters. The Balaban J connectivity index is 1.97. The summed E-state index contributed by atoms with van der Waals surface area (Å²) in [5.74, 6) is -0.325. The van der Waals surface area contributed by atoms with E-state index in [1.54, 1.807) is 36.4 Å². The van der Waals surface area contributed by atoms with E-state index in [9.17, 15) is 13.2 Å². The van der Waals surface area contributed by atoms with Gasteiger partial charge in [-0.25, -0.2) is 13.4 Å². The Labute approximate surface area is 160 Å². The molecule has 0 bridgehead atoms. The zero-order valence-electron chi connectivity index (χ0n) is 15.0. The molecule has 0 unspecified atom stereocenters. The van der Waals surface area contributed by atoms with Crippen LogP contribution in [0.5, 0.6) is 0 Å². The maximum Gasteiger partial charge on any atom is 0.284 e. The van der Waals surface area contributed by atoms with Gasteiger partial charge in [0.1, 0.15) is 5.69 Å². The standard InChI is InChI=1S/C20H16N4O3S/c1-28(26,27)13-17-19-23-22-16(12-11-14-7-3-2-4-8-14)20(25)24(19)18-10-6-5-9-15(18)21-17/h2-12H,13H2,1H3/b12-11+. The number of hydrogen-bond donors (Lipinski definition) is 0. The summed E-state index contributed by atoms with van der Waals surface area (Å²) in [6.45, 7) is 0. The van der Waals surface area contributed by atoms with Crippen LogP contribution >= 0.6 is 0 Å². The summed E-state index contributed by atoms with van der Waals surface area (Å²) < 4.78 is 25.0. The third-order valence-corrected chi connectivity index (χ3v) is 4.95. The fraction of sp³-hybridized carbons (Fsp3) is 0.100. The Morgan fingerprint density at radius 3 is 2.43 bits per heavy atom. The van der Waals surface area contributed by atoms with E-state index in [2.05, 4.69) is 15.2 Å². The van der Waals surface area contributed by atoms with Crippen LogP contribution < -0.4 is 5.56 Å². The Bertz CT molecular complexity index is 1380. The highest BCUT2D eigenvalue weighted by atomic mass is 32.2. The molecule has 0 N–H and O–H groups in total. The highest BCUT2D eigenvalue weighted by Crippen LogP contribution is 2.17. The highest BCUT2D eigenvalue weighted by Gasteiger charge is 2.17. The van der Waals surface area contributed by atoms with Crippen LogP contribution in [0.15, 0.2) is 59.4 Å². The average Bonchev–Trinajstić information content (AvgIpc) is 2.67. The van der Waals surface area contributed by atoms with E-state index in [1.807, 2.05) is 30.3 Å². The van der Waals surface area contributed by atoms with Crippen molar-refractivity contribution in [1.82, 2.24) is 19.6 Å². The number of hydrogen-bond acceptors (Lipinski definition) is 6. The van der Waals surface area contributed by atoms with Crippen molar-refractivity contribution in [2.24, 2.45) is 0 Å². The van der Waals surface area contributed by atoms with Crippen LogP contribution in [0.3, 0.4) is 0 Å². The quantitative estimate of drug-likeness (QED) is 0.495. The summed E-state index contributed by atoms with van der Waals surface area (Å²) in [7, 11) is -3.37. The molecule has 0 saturated heterocycles. The van der Waals surface area contributed by atoms with Crippen LogP contribution in [0.4, 0.5) is 0 Å². The van der Waals surface area contributed by atoms with Gasteiger partial charge < -0.3 is 0 Å². The van der Waals surface area contributed by atoms with E-state index in [0.717, 1.165) is 11.8 Å². The largest absolute Gasteiger partial charge is 0.284 e. The average molecular weight is 392 g/mol. The molecule has 2 aromatic heterocycles. The predicted molar refractivity (Wildman–Crippen MR) is 108 cm³/mol. The van der Waals surface area contributed by atoms with Gasteiger partial charge in [0.05, 0.1) is 16.8 Å². The van der Waals surface area contributed by atoms with E-state index in [1.165, 1.54) is 4.40 Å². The second kappa shape index (κ2) is 6.97. The summed E-state index contributed by atoms with van der Waals surface area (Å²) in [6, 6.07) is 16.6. The first-order chi connectivity index (χ1) is 13.4. The molecule has 140 valence electrons. The Morgan fingerprint density at radius 1 is 0.964 bits per heavy atom. The Morgan fingerprint density at radius 2 is 1.68 bits per heavy atom. The molecule has 28 heavy (non-hydrogen) atoms. The number of sulfone groups is 1. The Hall–Kier alpha value is -3.39. The smallest absolute Gasteiger partial charge is 0.266 e. The molecular formula is C20H16N4O3S. The van der Waals surface area contributed by atoms with E-state index < -0.39 is 9.84 Å². The molecule has 0 radical (unpaired) electrons. The number of para-hydroxylation sites is 2. The van der Waals surface area contributed by atoms with E-state index in [4.69, 9.17) is 0 Å². The molecule has 4 aromatic rings. The minimum absolute atomic E-state index is 0.144. The van der Waals surface area contributed by atoms with Gasteiger partial charge in [-0.15, -0.1) is 10.2 Å². The van der Waals surface area contributed by atoms with Gasteiger partial charge in [0, 0.05) is 6.26 Å². The second-order valence-corrected chi connectivity index (χ2v) is 8.55. The lowest BCUT2D eigenvalue weighted by Crippen LogP contribution is -2.22. The van der Waals surface area contributed by atoms with Crippen LogP contribution in [0.2, 0.25) is 0 Å². The van der Waals surface area contributed by atoms with Crippen molar-refractivity contribution < 1.29 is 8.42 Å². The molecule has 0 saturated carbocycles. The van der Waals surface area contributed by atoms with E-state index >= 15 is 0 Å². The Kier molecular flexibility index (Phi) is 4.48. The summed E-state index contributed by atoms with van der Waals surface area (Å²) in [5.41, 5.74) is 2.10. The summed E-state index contributed by atoms with van der Waals surface area (Å²) in [5, 5.41) is 8.14. The second-order valence-electron chi connectivity index (χ2n) is 6.41. The molecule has 0 aliphatic heterocycles. The van der Waals surface area contributed by atoms with Crippen molar-refractivity contribution in [1.29, 1.82) is 0 Å². The summed E-state index contributed by atoms with van der Waals surface area (Å²) in [6.07, 6.45) is 4.49. The molecule has 2 heterocycles. The summed E-state index contributed by atoms with van der Waals surface area (Å²) in [4.78, 5) is 17.5. The van der Waals surface area contributed by atoms with Crippen molar-refractivity contribution in [2.75, 3.05) is 6.26 Å². The van der Waals surface area contributed by atoms with Gasteiger partial charge in [0.25, 0.3) is 5.56 Å². The maximum atomic E-state index is 13.1. The van der Waals surface area contributed by atoms with Crippen LogP contribution in [-0.4, -0.2) is 34.3 Å². The number of nitrogens with zero attached hydrogens (tertiary/aromatic N) is 4. The van der Waals surface area contributed by atoms with Crippen LogP contribution in [-0.2, 0) is 15.6 Å².